The van der Waals surface area contributed by atoms with Crippen LogP contribution in [-0.4, -0.2) is 50.5 Å². The van der Waals surface area contributed by atoms with Crippen LogP contribution in [0, 0.1) is 9.39 Å². The largest absolute Gasteiger partial charge is 0.493 e. The maximum atomic E-state index is 14.2. The number of thiazole rings is 1. The molecule has 5 rings (SSSR count). The van der Waals surface area contributed by atoms with Crippen LogP contribution in [0.25, 0.3) is 6.08 Å². The molecule has 0 aliphatic carbocycles. The molecule has 0 N–H and O–H groups in total. The topological polar surface area (TPSA) is 124 Å². The van der Waals surface area contributed by atoms with E-state index in [0.29, 0.717) is 58.3 Å². The summed E-state index contributed by atoms with van der Waals surface area (Å²) >= 11 is 3.30. The van der Waals surface area contributed by atoms with Crippen LogP contribution in [0.4, 0.5) is 4.39 Å². The number of hydrogen-bond donors (Lipinski definition) is 0. The second kappa shape index (κ2) is 16.3. The number of halogens is 2. The number of carbonyl (C=O) groups excluding carboxylic acids is 2. The Bertz CT molecular complexity index is 2140. The third-order valence-corrected chi connectivity index (χ3v) is 9.28. The highest BCUT2D eigenvalue weighted by atomic mass is 127. The summed E-state index contributed by atoms with van der Waals surface area (Å²) in [4.78, 5) is 44.4. The average Bonchev–Trinajstić information content (AvgIpc) is 3.39. The van der Waals surface area contributed by atoms with E-state index in [1.165, 1.54) is 42.3 Å². The number of esters is 2. The van der Waals surface area contributed by atoms with Gasteiger partial charge in [0.2, 0.25) is 0 Å². The molecule has 4 aromatic rings. The molecule has 11 nitrogen and oxygen atoms in total. The number of carbonyl (C=O) groups is 2. The normalized spacial score (nSPS) is 14.1. The summed E-state index contributed by atoms with van der Waals surface area (Å²) in [6.45, 7) is 5.41. The fourth-order valence-electron chi connectivity index (χ4n) is 5.28. The van der Waals surface area contributed by atoms with Gasteiger partial charge in [-0.3, -0.25) is 9.36 Å². The summed E-state index contributed by atoms with van der Waals surface area (Å²) in [5.41, 5.74) is 2.10. The van der Waals surface area contributed by atoms with Crippen LogP contribution in [0.2, 0.25) is 0 Å². The van der Waals surface area contributed by atoms with E-state index >= 15 is 0 Å². The maximum Gasteiger partial charge on any atom is 0.343 e. The molecule has 3 aromatic carbocycles. The van der Waals surface area contributed by atoms with Gasteiger partial charge in [-0.1, -0.05) is 29.5 Å². The molecule has 0 bridgehead atoms. The Kier molecular flexibility index (Phi) is 12.0. The van der Waals surface area contributed by atoms with Crippen LogP contribution in [0.1, 0.15) is 43.5 Å². The quantitative estimate of drug-likeness (QED) is 0.134. The van der Waals surface area contributed by atoms with Crippen LogP contribution in [0.3, 0.4) is 0 Å². The lowest BCUT2D eigenvalue weighted by Gasteiger charge is -2.25. The first-order chi connectivity index (χ1) is 24.1. The summed E-state index contributed by atoms with van der Waals surface area (Å²) in [6.07, 6.45) is 1.72. The second-order valence-corrected chi connectivity index (χ2v) is 12.9. The molecule has 0 amide bonds. The highest BCUT2D eigenvalue weighted by molar-refractivity contribution is 14.1. The summed E-state index contributed by atoms with van der Waals surface area (Å²) in [5.74, 6) is -0.00422. The van der Waals surface area contributed by atoms with Crippen molar-refractivity contribution in [2.75, 3.05) is 34.0 Å². The second-order valence-electron chi connectivity index (χ2n) is 10.8. The van der Waals surface area contributed by atoms with E-state index in [2.05, 4.69) is 32.3 Å². The first kappa shape index (κ1) is 36.6. The number of ether oxygens (including phenoxy) is 6. The van der Waals surface area contributed by atoms with Gasteiger partial charge in [-0.25, -0.2) is 19.0 Å². The third-order valence-electron chi connectivity index (χ3n) is 7.50. The van der Waals surface area contributed by atoms with Crippen LogP contribution < -0.4 is 33.8 Å². The van der Waals surface area contributed by atoms with E-state index in [4.69, 9.17) is 23.7 Å². The van der Waals surface area contributed by atoms with Gasteiger partial charge in [0.15, 0.2) is 34.4 Å². The van der Waals surface area contributed by atoms with Crippen molar-refractivity contribution < 1.29 is 42.4 Å². The Morgan fingerprint density at radius 3 is 2.50 bits per heavy atom. The summed E-state index contributed by atoms with van der Waals surface area (Å²) in [6, 6.07) is 13.8. The van der Waals surface area contributed by atoms with Crippen molar-refractivity contribution in [3.8, 4) is 23.0 Å². The molecule has 1 aliphatic rings. The maximum absolute atomic E-state index is 14.2. The molecule has 0 spiro atoms. The third kappa shape index (κ3) is 8.02. The van der Waals surface area contributed by atoms with Gasteiger partial charge < -0.3 is 28.4 Å². The summed E-state index contributed by atoms with van der Waals surface area (Å²) in [5, 5.41) is 0. The number of hydrogen-bond acceptors (Lipinski definition) is 11. The van der Waals surface area contributed by atoms with Crippen LogP contribution in [-0.2, 0) is 25.7 Å². The Hall–Kier alpha value is -4.70. The lowest BCUT2D eigenvalue weighted by molar-refractivity contribution is -0.143. The summed E-state index contributed by atoms with van der Waals surface area (Å²) < 4.78 is 49.4. The Labute approximate surface area is 304 Å². The van der Waals surface area contributed by atoms with Crippen LogP contribution in [0.5, 0.6) is 23.0 Å². The van der Waals surface area contributed by atoms with Crippen LogP contribution in [0.15, 0.2) is 75.7 Å². The van der Waals surface area contributed by atoms with Gasteiger partial charge in [-0.05, 0) is 103 Å². The fraction of sp³-hybridized carbons (Fsp3) is 0.278. The number of benzene rings is 3. The van der Waals surface area contributed by atoms with E-state index < -0.39 is 18.0 Å². The van der Waals surface area contributed by atoms with Crippen molar-refractivity contribution in [2.24, 2.45) is 4.99 Å². The van der Waals surface area contributed by atoms with Gasteiger partial charge in [0.1, 0.15) is 12.4 Å². The Morgan fingerprint density at radius 2 is 1.80 bits per heavy atom. The number of rotatable bonds is 13. The van der Waals surface area contributed by atoms with Gasteiger partial charge >= 0.3 is 11.9 Å². The first-order valence-corrected chi connectivity index (χ1v) is 17.4. The van der Waals surface area contributed by atoms with Gasteiger partial charge in [0, 0.05) is 0 Å². The number of allylic oxidation sites excluding steroid dienone is 1. The van der Waals surface area contributed by atoms with Crippen molar-refractivity contribution in [1.29, 1.82) is 0 Å². The standard InChI is InChI=1S/C36H34FIN2O9S/c1-6-46-27-17-23(11-12-26(27)48-19-30(41)45-5)32-31(35(43)47-7-2)20(3)39-36-40(32)34(42)29(50-36)16-22-14-25(38)33(28(15-22)44-4)49-18-21-9-8-10-24(37)13-21/h8-17,32H,6-7,18-19H2,1-5H3/b29-16-/t32-/m0/s1. The molecule has 0 fully saturated rings. The molecule has 1 atom stereocenters. The van der Waals surface area contributed by atoms with E-state index in [9.17, 15) is 18.8 Å². The van der Waals surface area contributed by atoms with Gasteiger partial charge in [0.05, 0.1) is 52.8 Å². The highest BCUT2D eigenvalue weighted by Gasteiger charge is 2.34. The van der Waals surface area contributed by atoms with Crippen molar-refractivity contribution in [1.82, 2.24) is 4.57 Å². The molecule has 2 heterocycles. The van der Waals surface area contributed by atoms with Gasteiger partial charge in [-0.15, -0.1) is 0 Å². The van der Waals surface area contributed by atoms with E-state index in [1.54, 1.807) is 63.2 Å². The minimum atomic E-state index is -0.908. The molecule has 0 saturated carbocycles. The number of methoxy groups -OCH3 is 2. The lowest BCUT2D eigenvalue weighted by Crippen LogP contribution is -2.40. The van der Waals surface area contributed by atoms with E-state index in [1.807, 2.05) is 6.07 Å². The molecular weight excluding hydrogens is 782 g/mol. The zero-order valence-electron chi connectivity index (χ0n) is 27.9. The van der Waals surface area contributed by atoms with Gasteiger partial charge in [0.25, 0.3) is 5.56 Å². The average molecular weight is 817 g/mol. The Balaban J connectivity index is 1.58. The SMILES string of the molecule is CCOC(=O)C1=C(C)N=c2s/c(=C\c3cc(I)c(OCc4cccc(F)c4)c(OC)c3)c(=O)n2[C@H]1c1ccc(OCC(=O)OC)c(OCC)c1. The number of fused-ring (bicyclic) bond motifs is 1. The van der Waals surface area contributed by atoms with Gasteiger partial charge in [-0.2, -0.15) is 0 Å². The molecule has 0 radical (unpaired) electrons. The molecule has 1 aromatic heterocycles. The molecule has 50 heavy (non-hydrogen) atoms. The monoisotopic (exact) mass is 816 g/mol. The smallest absolute Gasteiger partial charge is 0.343 e. The van der Waals surface area contributed by atoms with Crippen molar-refractivity contribution in [3.63, 3.8) is 0 Å². The molecular formula is C36H34FIN2O9S. The zero-order valence-corrected chi connectivity index (χ0v) is 30.9. The predicted octanol–water partition coefficient (Wildman–Crippen LogP) is 5.08. The molecule has 0 unspecified atom stereocenters. The predicted molar refractivity (Wildman–Crippen MR) is 192 cm³/mol. The first-order valence-electron chi connectivity index (χ1n) is 15.5. The van der Waals surface area contributed by atoms with Crippen molar-refractivity contribution >= 4 is 51.9 Å². The minimum absolute atomic E-state index is 0.125. The molecule has 0 saturated heterocycles. The van der Waals surface area contributed by atoms with E-state index in [0.717, 1.165) is 0 Å². The zero-order chi connectivity index (χ0) is 35.9. The Morgan fingerprint density at radius 1 is 1.00 bits per heavy atom. The molecule has 1 aliphatic heterocycles. The highest BCUT2D eigenvalue weighted by Crippen LogP contribution is 2.37. The summed E-state index contributed by atoms with van der Waals surface area (Å²) in [7, 11) is 2.78. The lowest BCUT2D eigenvalue weighted by atomic mass is 9.95. The van der Waals surface area contributed by atoms with Crippen molar-refractivity contribution in [3.05, 3.63) is 112 Å². The molecule has 262 valence electrons. The molecule has 14 heteroatoms. The van der Waals surface area contributed by atoms with Crippen molar-refractivity contribution in [2.45, 2.75) is 33.4 Å². The fourth-order valence-corrected chi connectivity index (χ4v) is 7.11. The van der Waals surface area contributed by atoms with E-state index in [-0.39, 0.29) is 43.4 Å². The minimum Gasteiger partial charge on any atom is -0.493 e. The van der Waals surface area contributed by atoms with Crippen LogP contribution >= 0.6 is 33.9 Å². The number of aromatic nitrogens is 1. The number of nitrogens with zero attached hydrogens (tertiary/aromatic N) is 2.